The normalized spacial score (nSPS) is 11.0. The summed E-state index contributed by atoms with van der Waals surface area (Å²) in [5, 5.41) is 10.3. The van der Waals surface area contributed by atoms with Crippen molar-refractivity contribution in [1.82, 2.24) is 14.5 Å². The van der Waals surface area contributed by atoms with Crippen molar-refractivity contribution in [3.63, 3.8) is 0 Å². The van der Waals surface area contributed by atoms with Crippen molar-refractivity contribution in [2.75, 3.05) is 0 Å². The van der Waals surface area contributed by atoms with Crippen LogP contribution in [0.5, 0.6) is 5.75 Å². The van der Waals surface area contributed by atoms with Crippen molar-refractivity contribution < 1.29 is 9.52 Å². The average Bonchev–Trinajstić information content (AvgIpc) is 3.12. The van der Waals surface area contributed by atoms with Crippen LogP contribution in [0.25, 0.3) is 22.3 Å². The number of aromatic nitrogens is 3. The molecule has 2 N–H and O–H groups in total. The molecule has 3 aromatic heterocycles. The lowest BCUT2D eigenvalue weighted by Gasteiger charge is -2.09. The molecule has 4 rings (SSSR count). The molecule has 0 saturated heterocycles. The van der Waals surface area contributed by atoms with Gasteiger partial charge in [0.1, 0.15) is 11.5 Å². The molecule has 7 nitrogen and oxygen atoms in total. The molecule has 0 spiro atoms. The fourth-order valence-electron chi connectivity index (χ4n) is 2.70. The lowest BCUT2D eigenvalue weighted by molar-refractivity contribution is 0.477. The smallest absolute Gasteiger partial charge is 0.330 e. The number of phenolic OH excluding ortho intramolecular Hbond substituents is 1. The van der Waals surface area contributed by atoms with Crippen molar-refractivity contribution >= 4 is 11.0 Å². The summed E-state index contributed by atoms with van der Waals surface area (Å²) in [6, 6.07) is 13.4. The van der Waals surface area contributed by atoms with Crippen molar-refractivity contribution in [3.8, 4) is 17.0 Å². The molecule has 0 aliphatic rings. The Hall–Kier alpha value is -3.61. The molecule has 124 valence electrons. The molecular weight excluding hydrogens is 322 g/mol. The summed E-state index contributed by atoms with van der Waals surface area (Å²) in [5.74, 6) is 0.629. The molecular formula is C18H13N3O4. The number of hydrogen-bond acceptors (Lipinski definition) is 5. The lowest BCUT2D eigenvalue weighted by atomic mass is 10.1. The zero-order chi connectivity index (χ0) is 17.4. The Morgan fingerprint density at radius 2 is 1.92 bits per heavy atom. The SMILES string of the molecule is O=c1[nH]c(=O)n(Cc2ccco2)c2nc(-c3ccccc3O)ccc12. The molecule has 0 fully saturated rings. The molecule has 1 aromatic carbocycles. The highest BCUT2D eigenvalue weighted by Gasteiger charge is 2.13. The van der Waals surface area contributed by atoms with Crippen LogP contribution in [0.1, 0.15) is 5.76 Å². The Morgan fingerprint density at radius 1 is 1.08 bits per heavy atom. The number of para-hydroxylation sites is 1. The minimum absolute atomic E-state index is 0.0686. The van der Waals surface area contributed by atoms with Gasteiger partial charge in [0.25, 0.3) is 5.56 Å². The van der Waals surface area contributed by atoms with Crippen LogP contribution >= 0.6 is 0 Å². The lowest BCUT2D eigenvalue weighted by Crippen LogP contribution is -2.31. The summed E-state index contributed by atoms with van der Waals surface area (Å²) in [7, 11) is 0. The van der Waals surface area contributed by atoms with E-state index in [9.17, 15) is 14.7 Å². The fraction of sp³-hybridized carbons (Fsp3) is 0.0556. The number of nitrogens with one attached hydrogen (secondary N) is 1. The maximum absolute atomic E-state index is 12.3. The third kappa shape index (κ3) is 2.61. The molecule has 4 aromatic rings. The van der Waals surface area contributed by atoms with Crippen LogP contribution in [0, 0.1) is 0 Å². The summed E-state index contributed by atoms with van der Waals surface area (Å²) in [5.41, 5.74) is 0.124. The molecule has 0 aliphatic carbocycles. The predicted molar refractivity (Wildman–Crippen MR) is 91.5 cm³/mol. The van der Waals surface area contributed by atoms with E-state index >= 15 is 0 Å². The van der Waals surface area contributed by atoms with Gasteiger partial charge in [0.15, 0.2) is 5.65 Å². The highest BCUT2D eigenvalue weighted by atomic mass is 16.3. The summed E-state index contributed by atoms with van der Waals surface area (Å²) in [4.78, 5) is 31.1. The summed E-state index contributed by atoms with van der Waals surface area (Å²) in [6.07, 6.45) is 1.51. The largest absolute Gasteiger partial charge is 0.507 e. The minimum atomic E-state index is -0.573. The van der Waals surface area contributed by atoms with Gasteiger partial charge in [0.05, 0.1) is 23.9 Å². The zero-order valence-electron chi connectivity index (χ0n) is 13.0. The number of phenols is 1. The number of rotatable bonds is 3. The van der Waals surface area contributed by atoms with Gasteiger partial charge in [0.2, 0.25) is 0 Å². The number of H-pyrrole nitrogens is 1. The number of fused-ring (bicyclic) bond motifs is 1. The van der Waals surface area contributed by atoms with Crippen LogP contribution in [-0.4, -0.2) is 19.6 Å². The summed E-state index contributed by atoms with van der Waals surface area (Å²) >= 11 is 0. The monoisotopic (exact) mass is 335 g/mol. The van der Waals surface area contributed by atoms with Crippen molar-refractivity contribution in [2.24, 2.45) is 0 Å². The number of aromatic amines is 1. The van der Waals surface area contributed by atoms with E-state index in [1.54, 1.807) is 48.5 Å². The molecule has 3 heterocycles. The first-order valence-corrected chi connectivity index (χ1v) is 7.58. The Kier molecular flexibility index (Phi) is 3.46. The van der Waals surface area contributed by atoms with E-state index in [4.69, 9.17) is 4.42 Å². The first kappa shape index (κ1) is 14.9. The average molecular weight is 335 g/mol. The van der Waals surface area contributed by atoms with Gasteiger partial charge in [-0.1, -0.05) is 12.1 Å². The van der Waals surface area contributed by atoms with Crippen molar-refractivity contribution in [2.45, 2.75) is 6.54 Å². The van der Waals surface area contributed by atoms with Gasteiger partial charge < -0.3 is 9.52 Å². The van der Waals surface area contributed by atoms with Crippen molar-refractivity contribution in [1.29, 1.82) is 0 Å². The van der Waals surface area contributed by atoms with Crippen LogP contribution in [0.4, 0.5) is 0 Å². The van der Waals surface area contributed by atoms with Gasteiger partial charge in [0, 0.05) is 5.56 Å². The number of pyridine rings is 1. The quantitative estimate of drug-likeness (QED) is 0.597. The highest BCUT2D eigenvalue weighted by molar-refractivity contribution is 5.79. The summed E-state index contributed by atoms with van der Waals surface area (Å²) in [6.45, 7) is 0.135. The number of nitrogens with zero attached hydrogens (tertiary/aromatic N) is 2. The van der Waals surface area contributed by atoms with Gasteiger partial charge in [-0.15, -0.1) is 0 Å². The first-order chi connectivity index (χ1) is 12.1. The van der Waals surface area contributed by atoms with E-state index in [0.29, 0.717) is 17.0 Å². The maximum Gasteiger partial charge on any atom is 0.330 e. The van der Waals surface area contributed by atoms with E-state index in [2.05, 4.69) is 9.97 Å². The van der Waals surface area contributed by atoms with Gasteiger partial charge in [-0.05, 0) is 36.4 Å². The van der Waals surface area contributed by atoms with Gasteiger partial charge in [-0.3, -0.25) is 14.3 Å². The second-order valence-corrected chi connectivity index (χ2v) is 5.51. The molecule has 0 atom stereocenters. The number of hydrogen-bond donors (Lipinski definition) is 2. The molecule has 0 saturated carbocycles. The third-order valence-electron chi connectivity index (χ3n) is 3.92. The van der Waals surface area contributed by atoms with E-state index in [-0.39, 0.29) is 23.3 Å². The Labute approximate surface area is 140 Å². The van der Waals surface area contributed by atoms with Crippen LogP contribution in [0.15, 0.2) is 68.8 Å². The van der Waals surface area contributed by atoms with E-state index < -0.39 is 11.2 Å². The maximum atomic E-state index is 12.3. The van der Waals surface area contributed by atoms with Gasteiger partial charge in [-0.2, -0.15) is 0 Å². The van der Waals surface area contributed by atoms with E-state index in [1.165, 1.54) is 10.8 Å². The Bertz CT molecular complexity index is 1170. The standard InChI is InChI=1S/C18H13N3O4/c22-15-6-2-1-5-12(15)14-8-7-13-16(19-14)21(18(24)20-17(13)23)10-11-4-3-9-25-11/h1-9,22H,10H2,(H,20,23,24). The molecule has 0 unspecified atom stereocenters. The Morgan fingerprint density at radius 3 is 2.68 bits per heavy atom. The van der Waals surface area contributed by atoms with Crippen LogP contribution in [-0.2, 0) is 6.54 Å². The van der Waals surface area contributed by atoms with Crippen LogP contribution in [0.2, 0.25) is 0 Å². The number of aromatic hydroxyl groups is 1. The molecule has 7 heteroatoms. The first-order valence-electron chi connectivity index (χ1n) is 7.58. The second-order valence-electron chi connectivity index (χ2n) is 5.51. The molecule has 0 radical (unpaired) electrons. The van der Waals surface area contributed by atoms with E-state index in [0.717, 1.165) is 0 Å². The number of benzene rings is 1. The van der Waals surface area contributed by atoms with Crippen molar-refractivity contribution in [3.05, 3.63) is 81.4 Å². The summed E-state index contributed by atoms with van der Waals surface area (Å²) < 4.78 is 6.62. The van der Waals surface area contributed by atoms with Gasteiger partial charge in [-0.25, -0.2) is 9.78 Å². The highest BCUT2D eigenvalue weighted by Crippen LogP contribution is 2.27. The molecule has 25 heavy (non-hydrogen) atoms. The molecule has 0 amide bonds. The topological polar surface area (TPSA) is 101 Å². The Balaban J connectivity index is 1.98. The molecule has 0 aliphatic heterocycles. The molecule has 0 bridgehead atoms. The van der Waals surface area contributed by atoms with Gasteiger partial charge >= 0.3 is 5.69 Å². The van der Waals surface area contributed by atoms with E-state index in [1.807, 2.05) is 0 Å². The number of furan rings is 1. The zero-order valence-corrected chi connectivity index (χ0v) is 13.0. The van der Waals surface area contributed by atoms with Crippen LogP contribution < -0.4 is 11.2 Å². The fourth-order valence-corrected chi connectivity index (χ4v) is 2.70. The predicted octanol–water partition coefficient (Wildman–Crippen LogP) is 2.10. The minimum Gasteiger partial charge on any atom is -0.507 e. The van der Waals surface area contributed by atoms with Crippen LogP contribution in [0.3, 0.4) is 0 Å². The third-order valence-corrected chi connectivity index (χ3v) is 3.92. The second kappa shape index (κ2) is 5.79.